The fraction of sp³-hybridized carbons (Fsp3) is 0.368. The highest BCUT2D eigenvalue weighted by Crippen LogP contribution is 2.23. The normalized spacial score (nSPS) is 14.1. The van der Waals surface area contributed by atoms with Crippen LogP contribution in [0, 0.1) is 0 Å². The molecule has 1 aliphatic carbocycles. The van der Waals surface area contributed by atoms with Gasteiger partial charge in [0.2, 0.25) is 0 Å². The predicted octanol–water partition coefficient (Wildman–Crippen LogP) is 3.87. The molecule has 0 unspecified atom stereocenters. The van der Waals surface area contributed by atoms with Crippen LogP contribution >= 0.6 is 0 Å². The van der Waals surface area contributed by atoms with Crippen LogP contribution in [0.3, 0.4) is 0 Å². The van der Waals surface area contributed by atoms with Crippen molar-refractivity contribution < 1.29 is 14.3 Å². The van der Waals surface area contributed by atoms with Crippen molar-refractivity contribution in [1.29, 1.82) is 0 Å². The number of rotatable bonds is 6. The Kier molecular flexibility index (Phi) is 6.13. The Morgan fingerprint density at radius 3 is 2.64 bits per heavy atom. The Morgan fingerprint density at radius 2 is 1.91 bits per heavy atom. The molecular formula is C19H22O3. The minimum absolute atomic E-state index is 0.0646. The Bertz CT molecular complexity index is 579. The summed E-state index contributed by atoms with van der Waals surface area (Å²) in [4.78, 5) is 22.9. The van der Waals surface area contributed by atoms with E-state index in [1.165, 1.54) is 24.7 Å². The van der Waals surface area contributed by atoms with E-state index in [4.69, 9.17) is 0 Å². The second kappa shape index (κ2) is 8.32. The summed E-state index contributed by atoms with van der Waals surface area (Å²) in [7, 11) is 1.34. The van der Waals surface area contributed by atoms with Crippen molar-refractivity contribution in [3.8, 4) is 0 Å². The van der Waals surface area contributed by atoms with Crippen molar-refractivity contribution in [3.63, 3.8) is 0 Å². The summed E-state index contributed by atoms with van der Waals surface area (Å²) in [6.07, 6.45) is 10.7. The SMILES string of the molecule is COC(=O)CCC(=O)Cc1ccc(C2=CC=CCCC2)cc1. The van der Waals surface area contributed by atoms with Crippen LogP contribution in [0.5, 0.6) is 0 Å². The molecule has 0 saturated carbocycles. The van der Waals surface area contributed by atoms with Crippen LogP contribution in [0.15, 0.2) is 42.5 Å². The number of benzene rings is 1. The molecule has 0 fully saturated rings. The molecule has 1 aromatic rings. The maximum Gasteiger partial charge on any atom is 0.305 e. The summed E-state index contributed by atoms with van der Waals surface area (Å²) in [6.45, 7) is 0. The number of hydrogen-bond acceptors (Lipinski definition) is 3. The fourth-order valence-electron chi connectivity index (χ4n) is 2.51. The molecule has 0 aliphatic heterocycles. The summed E-state index contributed by atoms with van der Waals surface area (Å²) < 4.78 is 4.54. The molecule has 0 saturated heterocycles. The van der Waals surface area contributed by atoms with Gasteiger partial charge in [0.25, 0.3) is 0 Å². The molecule has 0 atom stereocenters. The molecule has 0 bridgehead atoms. The zero-order valence-electron chi connectivity index (χ0n) is 13.0. The van der Waals surface area contributed by atoms with Gasteiger partial charge < -0.3 is 4.74 Å². The highest BCUT2D eigenvalue weighted by Gasteiger charge is 2.09. The van der Waals surface area contributed by atoms with Crippen molar-refractivity contribution in [2.75, 3.05) is 7.11 Å². The maximum atomic E-state index is 11.8. The number of esters is 1. The molecule has 116 valence electrons. The van der Waals surface area contributed by atoms with E-state index < -0.39 is 0 Å². The van der Waals surface area contributed by atoms with Gasteiger partial charge in [0.15, 0.2) is 0 Å². The van der Waals surface area contributed by atoms with E-state index in [9.17, 15) is 9.59 Å². The lowest BCUT2D eigenvalue weighted by Crippen LogP contribution is -2.07. The fourth-order valence-corrected chi connectivity index (χ4v) is 2.51. The highest BCUT2D eigenvalue weighted by molar-refractivity contribution is 5.84. The van der Waals surface area contributed by atoms with Gasteiger partial charge in [-0.15, -0.1) is 0 Å². The summed E-state index contributed by atoms with van der Waals surface area (Å²) in [5.74, 6) is -0.271. The van der Waals surface area contributed by atoms with E-state index in [1.54, 1.807) is 0 Å². The summed E-state index contributed by atoms with van der Waals surface area (Å²) in [6, 6.07) is 8.16. The van der Waals surface area contributed by atoms with Gasteiger partial charge in [0.05, 0.1) is 13.5 Å². The topological polar surface area (TPSA) is 43.4 Å². The lowest BCUT2D eigenvalue weighted by molar-refractivity contribution is -0.141. The van der Waals surface area contributed by atoms with Crippen molar-refractivity contribution in [1.82, 2.24) is 0 Å². The van der Waals surface area contributed by atoms with Crippen molar-refractivity contribution in [2.45, 2.75) is 38.5 Å². The second-order valence-corrected chi connectivity index (χ2v) is 5.50. The molecule has 1 aliphatic rings. The van der Waals surface area contributed by atoms with Gasteiger partial charge in [-0.2, -0.15) is 0 Å². The molecule has 0 heterocycles. The number of hydrogen-bond donors (Lipinski definition) is 0. The average Bonchev–Trinajstić information content (AvgIpc) is 2.82. The molecular weight excluding hydrogens is 276 g/mol. The third-order valence-corrected chi connectivity index (χ3v) is 3.81. The zero-order valence-corrected chi connectivity index (χ0v) is 13.0. The molecule has 0 N–H and O–H groups in total. The molecule has 0 radical (unpaired) electrons. The average molecular weight is 298 g/mol. The number of Topliss-reactive ketones (excluding diaryl/α,β-unsaturated/α-hetero) is 1. The van der Waals surface area contributed by atoms with E-state index >= 15 is 0 Å². The van der Waals surface area contributed by atoms with Gasteiger partial charge in [-0.05, 0) is 36.0 Å². The Hall–Kier alpha value is -2.16. The molecule has 3 nitrogen and oxygen atoms in total. The lowest BCUT2D eigenvalue weighted by atomic mass is 9.98. The number of carbonyl (C=O) groups is 2. The Labute approximate surface area is 131 Å². The molecule has 1 aromatic carbocycles. The number of allylic oxidation sites excluding steroid dienone is 4. The molecule has 0 amide bonds. The summed E-state index contributed by atoms with van der Waals surface area (Å²) in [5.41, 5.74) is 3.55. The lowest BCUT2D eigenvalue weighted by Gasteiger charge is -2.07. The standard InChI is InChI=1S/C19H22O3/c1-22-19(21)13-12-18(20)14-15-8-10-17(11-9-15)16-6-4-2-3-5-7-16/h2,4,6,8-11H,3,5,7,12-14H2,1H3. The summed E-state index contributed by atoms with van der Waals surface area (Å²) >= 11 is 0. The van der Waals surface area contributed by atoms with Crippen molar-refractivity contribution in [3.05, 3.63) is 53.6 Å². The number of methoxy groups -OCH3 is 1. The maximum absolute atomic E-state index is 11.8. The van der Waals surface area contributed by atoms with E-state index in [0.29, 0.717) is 6.42 Å². The largest absolute Gasteiger partial charge is 0.469 e. The predicted molar refractivity (Wildman–Crippen MR) is 87.4 cm³/mol. The van der Waals surface area contributed by atoms with Crippen LogP contribution in [0.4, 0.5) is 0 Å². The summed E-state index contributed by atoms with van der Waals surface area (Å²) in [5, 5.41) is 0. The minimum Gasteiger partial charge on any atom is -0.469 e. The first kappa shape index (κ1) is 16.2. The Morgan fingerprint density at radius 1 is 1.14 bits per heavy atom. The van der Waals surface area contributed by atoms with E-state index in [-0.39, 0.29) is 24.6 Å². The van der Waals surface area contributed by atoms with Gasteiger partial charge in [0, 0.05) is 12.8 Å². The van der Waals surface area contributed by atoms with Gasteiger partial charge in [0.1, 0.15) is 5.78 Å². The smallest absolute Gasteiger partial charge is 0.305 e. The van der Waals surface area contributed by atoms with Crippen LogP contribution in [-0.2, 0) is 20.7 Å². The van der Waals surface area contributed by atoms with Crippen LogP contribution in [0.25, 0.3) is 5.57 Å². The quantitative estimate of drug-likeness (QED) is 0.749. The highest BCUT2D eigenvalue weighted by atomic mass is 16.5. The first-order chi connectivity index (χ1) is 10.7. The third-order valence-electron chi connectivity index (χ3n) is 3.81. The van der Waals surface area contributed by atoms with Crippen LogP contribution in [-0.4, -0.2) is 18.9 Å². The van der Waals surface area contributed by atoms with E-state index in [1.807, 2.05) is 12.1 Å². The molecule has 0 spiro atoms. The molecule has 22 heavy (non-hydrogen) atoms. The van der Waals surface area contributed by atoms with E-state index in [2.05, 4.69) is 35.1 Å². The molecule has 3 heteroatoms. The van der Waals surface area contributed by atoms with Crippen LogP contribution in [0.2, 0.25) is 0 Å². The first-order valence-corrected chi connectivity index (χ1v) is 7.72. The van der Waals surface area contributed by atoms with Crippen molar-refractivity contribution >= 4 is 17.3 Å². The van der Waals surface area contributed by atoms with Gasteiger partial charge in [-0.1, -0.05) is 42.5 Å². The second-order valence-electron chi connectivity index (χ2n) is 5.50. The zero-order chi connectivity index (χ0) is 15.8. The van der Waals surface area contributed by atoms with Gasteiger partial charge >= 0.3 is 5.97 Å². The van der Waals surface area contributed by atoms with Crippen molar-refractivity contribution in [2.24, 2.45) is 0 Å². The monoisotopic (exact) mass is 298 g/mol. The first-order valence-electron chi connectivity index (χ1n) is 7.72. The molecule has 0 aromatic heterocycles. The third kappa shape index (κ3) is 4.99. The van der Waals surface area contributed by atoms with Gasteiger partial charge in [-0.3, -0.25) is 9.59 Å². The van der Waals surface area contributed by atoms with Gasteiger partial charge in [-0.25, -0.2) is 0 Å². The Balaban J connectivity index is 1.91. The number of ether oxygens (including phenoxy) is 1. The molecule has 2 rings (SSSR count). The number of carbonyl (C=O) groups excluding carboxylic acids is 2. The minimum atomic E-state index is -0.336. The van der Waals surface area contributed by atoms with Crippen LogP contribution < -0.4 is 0 Å². The van der Waals surface area contributed by atoms with Crippen LogP contribution in [0.1, 0.15) is 43.2 Å². The van der Waals surface area contributed by atoms with E-state index in [0.717, 1.165) is 18.4 Å². The number of ketones is 1.